The van der Waals surface area contributed by atoms with Crippen LogP contribution in [0.4, 0.5) is 5.95 Å². The van der Waals surface area contributed by atoms with Crippen LogP contribution in [0.25, 0.3) is 0 Å². The van der Waals surface area contributed by atoms with E-state index in [1.165, 1.54) is 0 Å². The summed E-state index contributed by atoms with van der Waals surface area (Å²) in [7, 11) is 3.12. The molecule has 1 aliphatic heterocycles. The predicted octanol–water partition coefficient (Wildman–Crippen LogP) is 1.59. The zero-order chi connectivity index (χ0) is 16.6. The number of aromatic nitrogens is 3. The number of benzene rings is 1. The van der Waals surface area contributed by atoms with Gasteiger partial charge in [0.1, 0.15) is 29.1 Å². The number of allylic oxidation sites excluding steroid dienone is 1. The number of hydrogen-bond donors (Lipinski definition) is 2. The third-order valence-corrected chi connectivity index (χ3v) is 3.56. The summed E-state index contributed by atoms with van der Waals surface area (Å²) < 4.78 is 12.3. The van der Waals surface area contributed by atoms with Crippen molar-refractivity contribution < 1.29 is 19.4 Å². The smallest absolute Gasteiger partial charge is 0.352 e. The first-order valence-corrected chi connectivity index (χ1v) is 6.90. The molecule has 2 aromatic rings. The van der Waals surface area contributed by atoms with E-state index < -0.39 is 12.0 Å². The summed E-state index contributed by atoms with van der Waals surface area (Å²) in [6, 6.07) is 4.88. The van der Waals surface area contributed by atoms with Crippen LogP contribution < -0.4 is 14.8 Å². The van der Waals surface area contributed by atoms with E-state index in [4.69, 9.17) is 9.47 Å². The molecule has 1 aromatic carbocycles. The van der Waals surface area contributed by atoms with E-state index in [9.17, 15) is 9.90 Å². The van der Waals surface area contributed by atoms with Crippen LogP contribution in [0.3, 0.4) is 0 Å². The molecule has 0 saturated heterocycles. The standard InChI is InChI=1S/C15H16N4O4/c1-8-16-15-17-11(14(20)21)7-12(19(15)18-8)10-6-9(22-2)4-5-13(10)23-3/h4-7,12H,1-3H3,(H,20,21)(H,16,17,18)/t12-/m1/s1. The lowest BCUT2D eigenvalue weighted by Crippen LogP contribution is -2.24. The fraction of sp³-hybridized carbons (Fsp3) is 0.267. The summed E-state index contributed by atoms with van der Waals surface area (Å²) in [6.45, 7) is 1.74. The van der Waals surface area contributed by atoms with Gasteiger partial charge in [-0.15, -0.1) is 0 Å². The van der Waals surface area contributed by atoms with E-state index in [1.54, 1.807) is 50.1 Å². The second-order valence-electron chi connectivity index (χ2n) is 4.99. The van der Waals surface area contributed by atoms with Crippen LogP contribution in [0.1, 0.15) is 17.4 Å². The number of rotatable bonds is 4. The number of methoxy groups -OCH3 is 2. The molecular formula is C15H16N4O4. The molecule has 3 rings (SSSR count). The summed E-state index contributed by atoms with van der Waals surface area (Å²) in [5.41, 5.74) is 0.776. The molecule has 1 atom stereocenters. The van der Waals surface area contributed by atoms with Crippen LogP contribution in [0, 0.1) is 6.92 Å². The molecule has 0 radical (unpaired) electrons. The molecule has 0 unspecified atom stereocenters. The monoisotopic (exact) mass is 316 g/mol. The first-order chi connectivity index (χ1) is 11.0. The van der Waals surface area contributed by atoms with Gasteiger partial charge in [0.2, 0.25) is 5.95 Å². The van der Waals surface area contributed by atoms with Gasteiger partial charge in [0.05, 0.1) is 14.2 Å². The van der Waals surface area contributed by atoms with Gasteiger partial charge in [0, 0.05) is 5.56 Å². The lowest BCUT2D eigenvalue weighted by atomic mass is 10.0. The summed E-state index contributed by atoms with van der Waals surface area (Å²) in [5, 5.41) is 16.4. The molecule has 0 aliphatic carbocycles. The van der Waals surface area contributed by atoms with Gasteiger partial charge in [-0.1, -0.05) is 0 Å². The Labute approximate surface area is 132 Å². The average Bonchev–Trinajstić information content (AvgIpc) is 2.93. The predicted molar refractivity (Wildman–Crippen MR) is 81.8 cm³/mol. The normalized spacial score (nSPS) is 16.1. The highest BCUT2D eigenvalue weighted by molar-refractivity contribution is 5.90. The molecule has 23 heavy (non-hydrogen) atoms. The molecule has 120 valence electrons. The van der Waals surface area contributed by atoms with Crippen molar-refractivity contribution in [3.8, 4) is 11.5 Å². The number of fused-ring (bicyclic) bond motifs is 1. The third kappa shape index (κ3) is 2.59. The molecule has 0 fully saturated rings. The van der Waals surface area contributed by atoms with Crippen LogP contribution in [0.15, 0.2) is 30.0 Å². The number of anilines is 1. The summed E-state index contributed by atoms with van der Waals surface area (Å²) in [4.78, 5) is 15.6. The van der Waals surface area contributed by atoms with Gasteiger partial charge in [0.25, 0.3) is 0 Å². The number of nitrogens with one attached hydrogen (secondary N) is 1. The van der Waals surface area contributed by atoms with Crippen molar-refractivity contribution in [3.05, 3.63) is 41.4 Å². The van der Waals surface area contributed by atoms with Gasteiger partial charge in [-0.2, -0.15) is 10.1 Å². The molecule has 0 amide bonds. The topological polar surface area (TPSA) is 98.5 Å². The molecule has 0 bridgehead atoms. The average molecular weight is 316 g/mol. The van der Waals surface area contributed by atoms with Crippen molar-refractivity contribution in [2.24, 2.45) is 0 Å². The Morgan fingerprint density at radius 2 is 2.13 bits per heavy atom. The van der Waals surface area contributed by atoms with Crippen molar-refractivity contribution in [3.63, 3.8) is 0 Å². The van der Waals surface area contributed by atoms with Crippen molar-refractivity contribution in [1.29, 1.82) is 0 Å². The molecule has 8 heteroatoms. The van der Waals surface area contributed by atoms with Crippen molar-refractivity contribution in [2.75, 3.05) is 19.5 Å². The zero-order valence-corrected chi connectivity index (χ0v) is 12.9. The van der Waals surface area contributed by atoms with Gasteiger partial charge >= 0.3 is 5.97 Å². The number of nitrogens with zero attached hydrogens (tertiary/aromatic N) is 3. The summed E-state index contributed by atoms with van der Waals surface area (Å²) in [6.07, 6.45) is 1.57. The van der Waals surface area contributed by atoms with Crippen LogP contribution in [-0.4, -0.2) is 40.1 Å². The Morgan fingerprint density at radius 3 is 2.78 bits per heavy atom. The van der Waals surface area contributed by atoms with Gasteiger partial charge in [0.15, 0.2) is 0 Å². The molecule has 0 spiro atoms. The number of ether oxygens (including phenoxy) is 2. The Morgan fingerprint density at radius 1 is 1.35 bits per heavy atom. The van der Waals surface area contributed by atoms with Crippen LogP contribution >= 0.6 is 0 Å². The number of aliphatic carboxylic acids is 1. The number of carboxylic acid groups (broad SMARTS) is 1. The Kier molecular flexibility index (Phi) is 3.65. The highest BCUT2D eigenvalue weighted by atomic mass is 16.5. The lowest BCUT2D eigenvalue weighted by molar-refractivity contribution is -0.132. The second kappa shape index (κ2) is 5.64. The van der Waals surface area contributed by atoms with Gasteiger partial charge in [-0.05, 0) is 31.2 Å². The molecule has 8 nitrogen and oxygen atoms in total. The number of carbonyl (C=O) groups is 1. The summed E-state index contributed by atoms with van der Waals surface area (Å²) in [5.74, 6) is 1.10. The van der Waals surface area contributed by atoms with E-state index in [-0.39, 0.29) is 5.70 Å². The van der Waals surface area contributed by atoms with Gasteiger partial charge in [-0.25, -0.2) is 9.48 Å². The largest absolute Gasteiger partial charge is 0.497 e. The van der Waals surface area contributed by atoms with Crippen molar-refractivity contribution >= 4 is 11.9 Å². The first kappa shape index (κ1) is 14.9. The Balaban J connectivity index is 2.19. The molecule has 0 saturated carbocycles. The van der Waals surface area contributed by atoms with Crippen molar-refractivity contribution in [1.82, 2.24) is 14.8 Å². The maximum absolute atomic E-state index is 11.4. The van der Waals surface area contributed by atoms with Gasteiger partial charge in [-0.3, -0.25) is 0 Å². The van der Waals surface area contributed by atoms with E-state index in [0.29, 0.717) is 23.3 Å². The Bertz CT molecular complexity index is 797. The van der Waals surface area contributed by atoms with Crippen LogP contribution in [-0.2, 0) is 4.79 Å². The minimum absolute atomic E-state index is 0.0415. The van der Waals surface area contributed by atoms with Crippen LogP contribution in [0.2, 0.25) is 0 Å². The fourth-order valence-electron chi connectivity index (χ4n) is 2.52. The zero-order valence-electron chi connectivity index (χ0n) is 12.9. The molecule has 1 aromatic heterocycles. The molecular weight excluding hydrogens is 300 g/mol. The highest BCUT2D eigenvalue weighted by Gasteiger charge is 2.28. The maximum Gasteiger partial charge on any atom is 0.352 e. The minimum Gasteiger partial charge on any atom is -0.497 e. The number of carboxylic acids is 1. The SMILES string of the molecule is COc1ccc(OC)c([C@H]2C=C(C(=O)O)Nc3nc(C)nn32)c1. The number of aryl methyl sites for hydroxylation is 1. The van der Waals surface area contributed by atoms with Gasteiger partial charge < -0.3 is 19.9 Å². The first-order valence-electron chi connectivity index (χ1n) is 6.90. The fourth-order valence-corrected chi connectivity index (χ4v) is 2.52. The number of hydrogen-bond acceptors (Lipinski definition) is 6. The van der Waals surface area contributed by atoms with E-state index in [1.807, 2.05) is 0 Å². The van der Waals surface area contributed by atoms with E-state index in [0.717, 1.165) is 5.56 Å². The second-order valence-corrected chi connectivity index (χ2v) is 4.99. The minimum atomic E-state index is -1.07. The Hall–Kier alpha value is -3.03. The third-order valence-electron chi connectivity index (χ3n) is 3.56. The quantitative estimate of drug-likeness (QED) is 0.883. The molecule has 2 heterocycles. The summed E-state index contributed by atoms with van der Waals surface area (Å²) >= 11 is 0. The van der Waals surface area contributed by atoms with E-state index in [2.05, 4.69) is 15.4 Å². The van der Waals surface area contributed by atoms with Crippen LogP contribution in [0.5, 0.6) is 11.5 Å². The molecule has 1 aliphatic rings. The lowest BCUT2D eigenvalue weighted by Gasteiger charge is -2.24. The maximum atomic E-state index is 11.4. The molecule has 2 N–H and O–H groups in total. The highest BCUT2D eigenvalue weighted by Crippen LogP contribution is 2.36. The van der Waals surface area contributed by atoms with E-state index >= 15 is 0 Å². The van der Waals surface area contributed by atoms with Crippen molar-refractivity contribution in [2.45, 2.75) is 13.0 Å².